The SMILES string of the molecule is CC(C)NCC(O)COc1cccc2ccc(N(C)CCCCC(NC(C)C(=O)N3CCCC3C(=O)O)C(=O)O)cc12. The fourth-order valence-corrected chi connectivity index (χ4v) is 5.23. The Bertz CT molecular complexity index is 1210. The normalized spacial score (nSPS) is 17.3. The van der Waals surface area contributed by atoms with Gasteiger partial charge in [-0.15, -0.1) is 0 Å². The fourth-order valence-electron chi connectivity index (χ4n) is 5.23. The molecule has 1 amide bonds. The van der Waals surface area contributed by atoms with Crippen LogP contribution in [0.2, 0.25) is 0 Å². The third-order valence-corrected chi connectivity index (χ3v) is 7.64. The van der Waals surface area contributed by atoms with E-state index in [0.717, 1.165) is 22.9 Å². The first-order chi connectivity index (χ1) is 20.0. The molecule has 0 aliphatic carbocycles. The van der Waals surface area contributed by atoms with Crippen molar-refractivity contribution in [1.82, 2.24) is 15.5 Å². The van der Waals surface area contributed by atoms with Crippen molar-refractivity contribution in [3.8, 4) is 5.75 Å². The van der Waals surface area contributed by atoms with Crippen molar-refractivity contribution >= 4 is 34.3 Å². The Morgan fingerprint density at radius 3 is 2.57 bits per heavy atom. The summed E-state index contributed by atoms with van der Waals surface area (Å²) in [5.74, 6) is -1.75. The van der Waals surface area contributed by atoms with Gasteiger partial charge in [0.1, 0.15) is 30.5 Å². The molecule has 0 spiro atoms. The lowest BCUT2D eigenvalue weighted by Crippen LogP contribution is -2.53. The van der Waals surface area contributed by atoms with Crippen molar-refractivity contribution in [2.45, 2.75) is 83.1 Å². The van der Waals surface area contributed by atoms with E-state index in [1.54, 1.807) is 6.92 Å². The van der Waals surface area contributed by atoms with Crippen LogP contribution in [0.15, 0.2) is 36.4 Å². The molecule has 2 aromatic carbocycles. The Morgan fingerprint density at radius 2 is 1.88 bits per heavy atom. The van der Waals surface area contributed by atoms with Crippen LogP contribution in [0.25, 0.3) is 10.8 Å². The monoisotopic (exact) mass is 586 g/mol. The standard InChI is InChI=1S/C31H46N4O7/c1-20(2)32-18-24(36)19-42-28-12-7-9-22-13-14-23(17-25(22)28)34(4)15-6-5-10-26(30(38)39)33-21(3)29(37)35-16-8-11-27(35)31(40)41/h7,9,12-14,17,20-21,24,26-27,32-33,36H,5-6,8,10-11,15-16,18-19H2,1-4H3,(H,38,39)(H,40,41). The topological polar surface area (TPSA) is 152 Å². The Labute approximate surface area is 247 Å². The van der Waals surface area contributed by atoms with Crippen LogP contribution < -0.4 is 20.3 Å². The zero-order valence-corrected chi connectivity index (χ0v) is 25.1. The largest absolute Gasteiger partial charge is 0.490 e. The lowest BCUT2D eigenvalue weighted by molar-refractivity contribution is -0.149. The van der Waals surface area contributed by atoms with Crippen LogP contribution in [-0.2, 0) is 14.4 Å². The van der Waals surface area contributed by atoms with E-state index in [1.165, 1.54) is 4.90 Å². The van der Waals surface area contributed by atoms with Crippen molar-refractivity contribution in [3.63, 3.8) is 0 Å². The third-order valence-electron chi connectivity index (χ3n) is 7.64. The third kappa shape index (κ3) is 9.30. The predicted molar refractivity (Wildman–Crippen MR) is 162 cm³/mol. The highest BCUT2D eigenvalue weighted by Gasteiger charge is 2.36. The summed E-state index contributed by atoms with van der Waals surface area (Å²) < 4.78 is 5.97. The predicted octanol–water partition coefficient (Wildman–Crippen LogP) is 2.69. The fraction of sp³-hybridized carbons (Fsp3) is 0.581. The maximum atomic E-state index is 12.8. The van der Waals surface area contributed by atoms with Crippen LogP contribution in [0, 0.1) is 0 Å². The number of carbonyl (C=O) groups is 3. The van der Waals surface area contributed by atoms with Crippen LogP contribution in [-0.4, -0.2) is 102 Å². The number of fused-ring (bicyclic) bond motifs is 1. The van der Waals surface area contributed by atoms with Gasteiger partial charge >= 0.3 is 11.9 Å². The van der Waals surface area contributed by atoms with Crippen molar-refractivity contribution in [2.75, 3.05) is 38.2 Å². The molecule has 0 aromatic heterocycles. The van der Waals surface area contributed by atoms with Crippen molar-refractivity contribution < 1.29 is 34.4 Å². The molecule has 0 saturated carbocycles. The molecule has 3 rings (SSSR count). The molecule has 4 unspecified atom stereocenters. The summed E-state index contributed by atoms with van der Waals surface area (Å²) in [5, 5.41) is 37.4. The number of hydrogen-bond donors (Lipinski definition) is 5. The molecule has 11 heteroatoms. The number of nitrogens with one attached hydrogen (secondary N) is 2. The number of benzene rings is 2. The van der Waals surface area contributed by atoms with Gasteiger partial charge in [-0.3, -0.25) is 14.9 Å². The average Bonchev–Trinajstić information content (AvgIpc) is 3.46. The summed E-state index contributed by atoms with van der Waals surface area (Å²) in [6.07, 6.45) is 2.11. The molecule has 42 heavy (non-hydrogen) atoms. The molecular weight excluding hydrogens is 540 g/mol. The highest BCUT2D eigenvalue weighted by atomic mass is 16.5. The molecule has 1 saturated heterocycles. The Kier molecular flexibility index (Phi) is 12.4. The highest BCUT2D eigenvalue weighted by Crippen LogP contribution is 2.30. The van der Waals surface area contributed by atoms with Crippen molar-refractivity contribution in [2.24, 2.45) is 0 Å². The lowest BCUT2D eigenvalue weighted by atomic mass is 10.1. The summed E-state index contributed by atoms with van der Waals surface area (Å²) in [5.41, 5.74) is 0.992. The maximum absolute atomic E-state index is 12.8. The minimum atomic E-state index is -1.04. The van der Waals surface area contributed by atoms with Gasteiger partial charge in [0.15, 0.2) is 0 Å². The van der Waals surface area contributed by atoms with E-state index in [4.69, 9.17) is 4.74 Å². The second-order valence-corrected chi connectivity index (χ2v) is 11.4. The summed E-state index contributed by atoms with van der Waals surface area (Å²) in [7, 11) is 1.98. The molecule has 2 aromatic rings. The average molecular weight is 587 g/mol. The first kappa shape index (κ1) is 33.1. The molecule has 1 heterocycles. The van der Waals surface area contributed by atoms with Gasteiger partial charge in [0.05, 0.1) is 6.04 Å². The van der Waals surface area contributed by atoms with Crippen molar-refractivity contribution in [1.29, 1.82) is 0 Å². The highest BCUT2D eigenvalue weighted by molar-refractivity contribution is 5.91. The first-order valence-corrected chi connectivity index (χ1v) is 14.8. The van der Waals surface area contributed by atoms with E-state index in [2.05, 4.69) is 21.6 Å². The summed E-state index contributed by atoms with van der Waals surface area (Å²) in [6.45, 7) is 7.33. The number of carbonyl (C=O) groups excluding carboxylic acids is 1. The second-order valence-electron chi connectivity index (χ2n) is 11.4. The molecule has 1 aliphatic heterocycles. The van der Waals surface area contributed by atoms with Crippen LogP contribution in [0.4, 0.5) is 5.69 Å². The van der Waals surface area contributed by atoms with Crippen LogP contribution in [0.1, 0.15) is 52.9 Å². The number of aliphatic hydroxyl groups excluding tert-OH is 1. The smallest absolute Gasteiger partial charge is 0.326 e. The van der Waals surface area contributed by atoms with Gasteiger partial charge in [0.25, 0.3) is 0 Å². The van der Waals surface area contributed by atoms with E-state index < -0.39 is 36.2 Å². The molecule has 1 fully saturated rings. The minimum Gasteiger partial charge on any atom is -0.490 e. The van der Waals surface area contributed by atoms with E-state index in [0.29, 0.717) is 51.1 Å². The Balaban J connectivity index is 1.52. The van der Waals surface area contributed by atoms with Crippen molar-refractivity contribution in [3.05, 3.63) is 36.4 Å². The molecule has 0 bridgehead atoms. The van der Waals surface area contributed by atoms with E-state index in [-0.39, 0.29) is 18.6 Å². The molecule has 1 aliphatic rings. The summed E-state index contributed by atoms with van der Waals surface area (Å²) in [4.78, 5) is 39.6. The number of unbranched alkanes of at least 4 members (excludes halogenated alkanes) is 1. The number of ether oxygens (including phenoxy) is 1. The van der Waals surface area contributed by atoms with E-state index in [9.17, 15) is 29.7 Å². The molecule has 4 atom stereocenters. The molecule has 0 radical (unpaired) electrons. The molecular formula is C31H46N4O7. The summed E-state index contributed by atoms with van der Waals surface area (Å²) in [6, 6.07) is 9.68. The first-order valence-electron chi connectivity index (χ1n) is 14.8. The Morgan fingerprint density at radius 1 is 1.12 bits per heavy atom. The molecule has 11 nitrogen and oxygen atoms in total. The minimum absolute atomic E-state index is 0.181. The number of carboxylic acid groups (broad SMARTS) is 2. The van der Waals surface area contributed by atoms with Gasteiger partial charge in [-0.25, -0.2) is 4.79 Å². The van der Waals surface area contributed by atoms with Gasteiger partial charge in [-0.2, -0.15) is 0 Å². The number of rotatable bonds is 17. The quantitative estimate of drug-likeness (QED) is 0.175. The maximum Gasteiger partial charge on any atom is 0.326 e. The number of nitrogens with zero attached hydrogens (tertiary/aromatic N) is 2. The lowest BCUT2D eigenvalue weighted by Gasteiger charge is -2.27. The number of carboxylic acids is 2. The summed E-state index contributed by atoms with van der Waals surface area (Å²) >= 11 is 0. The Hall–Kier alpha value is -3.41. The van der Waals surface area contributed by atoms with Gasteiger partial charge in [-0.1, -0.05) is 32.0 Å². The van der Waals surface area contributed by atoms with Gasteiger partial charge in [0, 0.05) is 43.8 Å². The van der Waals surface area contributed by atoms with Crippen LogP contribution in [0.3, 0.4) is 0 Å². The van der Waals surface area contributed by atoms with Gasteiger partial charge in [0.2, 0.25) is 5.91 Å². The van der Waals surface area contributed by atoms with Crippen LogP contribution >= 0.6 is 0 Å². The zero-order chi connectivity index (χ0) is 30.8. The molecule has 232 valence electrons. The second kappa shape index (κ2) is 15.7. The van der Waals surface area contributed by atoms with Gasteiger partial charge in [-0.05, 0) is 62.6 Å². The van der Waals surface area contributed by atoms with E-state index >= 15 is 0 Å². The number of hydrogen-bond acceptors (Lipinski definition) is 8. The number of amides is 1. The van der Waals surface area contributed by atoms with Gasteiger partial charge < -0.3 is 35.2 Å². The van der Waals surface area contributed by atoms with Crippen LogP contribution in [0.5, 0.6) is 5.75 Å². The zero-order valence-electron chi connectivity index (χ0n) is 25.1. The number of likely N-dealkylation sites (tertiary alicyclic amines) is 1. The molecule has 5 N–H and O–H groups in total. The number of anilines is 1. The number of aliphatic hydroxyl groups is 1. The number of aliphatic carboxylic acids is 2. The van der Waals surface area contributed by atoms with E-state index in [1.807, 2.05) is 51.2 Å².